The highest BCUT2D eigenvalue weighted by Crippen LogP contribution is 2.32. The molecular formula is C21H42IN3O3. The van der Waals surface area contributed by atoms with Crippen molar-refractivity contribution in [3.63, 3.8) is 0 Å². The summed E-state index contributed by atoms with van der Waals surface area (Å²) in [7, 11) is 0. The highest BCUT2D eigenvalue weighted by molar-refractivity contribution is 14.0. The fourth-order valence-electron chi connectivity index (χ4n) is 3.77. The number of nitrogens with one attached hydrogen (secondary N) is 2. The Morgan fingerprint density at radius 2 is 1.96 bits per heavy atom. The zero-order valence-electron chi connectivity index (χ0n) is 18.0. The van der Waals surface area contributed by atoms with E-state index < -0.39 is 0 Å². The first-order valence-corrected chi connectivity index (χ1v) is 11.1. The van der Waals surface area contributed by atoms with Crippen molar-refractivity contribution in [1.82, 2.24) is 10.6 Å². The van der Waals surface area contributed by atoms with Crippen molar-refractivity contribution >= 4 is 29.9 Å². The van der Waals surface area contributed by atoms with E-state index in [1.807, 2.05) is 0 Å². The van der Waals surface area contributed by atoms with Crippen LogP contribution in [0.4, 0.5) is 0 Å². The summed E-state index contributed by atoms with van der Waals surface area (Å²) in [6.45, 7) is 11.0. The lowest BCUT2D eigenvalue weighted by Gasteiger charge is -2.36. The second kappa shape index (κ2) is 15.7. The van der Waals surface area contributed by atoms with E-state index in [0.717, 1.165) is 90.7 Å². The predicted octanol–water partition coefficient (Wildman–Crippen LogP) is 3.73. The minimum absolute atomic E-state index is 0. The van der Waals surface area contributed by atoms with E-state index in [9.17, 15) is 0 Å². The summed E-state index contributed by atoms with van der Waals surface area (Å²) in [4.78, 5) is 4.86. The average molecular weight is 511 g/mol. The van der Waals surface area contributed by atoms with Crippen molar-refractivity contribution in [3.8, 4) is 0 Å². The average Bonchev–Trinajstić information content (AvgIpc) is 3.21. The maximum atomic E-state index is 6.26. The molecular weight excluding hydrogens is 469 g/mol. The quantitative estimate of drug-likeness (QED) is 0.181. The lowest BCUT2D eigenvalue weighted by atomic mass is 9.84. The highest BCUT2D eigenvalue weighted by atomic mass is 127. The van der Waals surface area contributed by atoms with Crippen LogP contribution in [0.15, 0.2) is 4.99 Å². The number of halogens is 1. The molecule has 2 N–H and O–H groups in total. The molecule has 6 nitrogen and oxygen atoms in total. The van der Waals surface area contributed by atoms with Gasteiger partial charge in [-0.15, -0.1) is 24.0 Å². The molecule has 0 aromatic heterocycles. The lowest BCUT2D eigenvalue weighted by Crippen LogP contribution is -2.42. The van der Waals surface area contributed by atoms with Crippen LogP contribution in [-0.4, -0.2) is 64.2 Å². The molecule has 1 heterocycles. The number of nitrogens with zero attached hydrogens (tertiary/aromatic N) is 1. The summed E-state index contributed by atoms with van der Waals surface area (Å²) in [5.74, 6) is 1.48. The van der Waals surface area contributed by atoms with Crippen LogP contribution >= 0.6 is 24.0 Å². The molecule has 0 spiro atoms. The third kappa shape index (κ3) is 10.1. The molecule has 0 aromatic carbocycles. The number of guanidine groups is 1. The van der Waals surface area contributed by atoms with Crippen LogP contribution in [0, 0.1) is 5.92 Å². The van der Waals surface area contributed by atoms with Gasteiger partial charge in [0.2, 0.25) is 0 Å². The molecule has 0 amide bonds. The largest absolute Gasteiger partial charge is 0.381 e. The van der Waals surface area contributed by atoms with E-state index in [2.05, 4.69) is 24.5 Å². The number of hydrogen-bond acceptors (Lipinski definition) is 4. The Labute approximate surface area is 189 Å². The van der Waals surface area contributed by atoms with Gasteiger partial charge in [-0.25, -0.2) is 0 Å². The fourth-order valence-corrected chi connectivity index (χ4v) is 3.77. The van der Waals surface area contributed by atoms with Crippen LogP contribution in [0.25, 0.3) is 0 Å². The maximum Gasteiger partial charge on any atom is 0.191 e. The molecule has 7 heteroatoms. The molecule has 28 heavy (non-hydrogen) atoms. The molecule has 1 aliphatic carbocycles. The van der Waals surface area contributed by atoms with Crippen LogP contribution in [0.1, 0.15) is 65.2 Å². The molecule has 1 aliphatic heterocycles. The first-order valence-electron chi connectivity index (χ1n) is 11.1. The molecule has 2 aliphatic rings. The first kappa shape index (κ1) is 25.9. The number of ether oxygens (including phenoxy) is 3. The Kier molecular flexibility index (Phi) is 14.5. The van der Waals surface area contributed by atoms with Gasteiger partial charge in [0, 0.05) is 38.8 Å². The molecule has 0 radical (unpaired) electrons. The van der Waals surface area contributed by atoms with Gasteiger partial charge in [0.05, 0.1) is 25.4 Å². The van der Waals surface area contributed by atoms with Crippen LogP contribution in [0.5, 0.6) is 0 Å². The molecule has 1 saturated carbocycles. The zero-order chi connectivity index (χ0) is 19.2. The maximum absolute atomic E-state index is 6.26. The van der Waals surface area contributed by atoms with Crippen molar-refractivity contribution in [2.75, 3.05) is 52.7 Å². The van der Waals surface area contributed by atoms with E-state index in [1.54, 1.807) is 0 Å². The molecule has 2 fully saturated rings. The molecule has 1 unspecified atom stereocenters. The Morgan fingerprint density at radius 1 is 1.14 bits per heavy atom. The Balaban J connectivity index is 0.00000392. The minimum Gasteiger partial charge on any atom is -0.381 e. The summed E-state index contributed by atoms with van der Waals surface area (Å²) >= 11 is 0. The van der Waals surface area contributed by atoms with Gasteiger partial charge in [0.25, 0.3) is 0 Å². The summed E-state index contributed by atoms with van der Waals surface area (Å²) in [6, 6.07) is 0. The van der Waals surface area contributed by atoms with Crippen LogP contribution in [0.2, 0.25) is 0 Å². The van der Waals surface area contributed by atoms with Gasteiger partial charge >= 0.3 is 0 Å². The standard InChI is InChI=1S/C21H41N3O3.HI/c1-3-13-27-21(10-6-5-7-11-21)18-24-20(22-4-2)23-12-8-14-25-16-19-9-15-26-17-19;/h19H,3-18H2,1-2H3,(H2,22,23,24);1H. The van der Waals surface area contributed by atoms with Crippen LogP contribution < -0.4 is 10.6 Å². The number of hydrogen-bond donors (Lipinski definition) is 2. The fraction of sp³-hybridized carbons (Fsp3) is 0.952. The van der Waals surface area contributed by atoms with Gasteiger partial charge in [-0.1, -0.05) is 26.2 Å². The Hall–Kier alpha value is -0.120. The van der Waals surface area contributed by atoms with Gasteiger partial charge in [-0.2, -0.15) is 0 Å². The van der Waals surface area contributed by atoms with Crippen molar-refractivity contribution in [2.24, 2.45) is 10.9 Å². The third-order valence-corrected chi connectivity index (χ3v) is 5.38. The van der Waals surface area contributed by atoms with Crippen molar-refractivity contribution in [2.45, 2.75) is 70.8 Å². The normalized spacial score (nSPS) is 21.9. The van der Waals surface area contributed by atoms with E-state index in [-0.39, 0.29) is 29.6 Å². The van der Waals surface area contributed by atoms with Gasteiger partial charge < -0.3 is 24.8 Å². The van der Waals surface area contributed by atoms with E-state index in [1.165, 1.54) is 19.3 Å². The van der Waals surface area contributed by atoms with Crippen molar-refractivity contribution in [3.05, 3.63) is 0 Å². The Bertz CT molecular complexity index is 412. The smallest absolute Gasteiger partial charge is 0.191 e. The highest BCUT2D eigenvalue weighted by Gasteiger charge is 2.32. The first-order chi connectivity index (χ1) is 13.3. The van der Waals surface area contributed by atoms with E-state index in [0.29, 0.717) is 5.92 Å². The van der Waals surface area contributed by atoms with Gasteiger partial charge in [0.1, 0.15) is 0 Å². The summed E-state index contributed by atoms with van der Waals surface area (Å²) in [5, 5.41) is 6.80. The molecule has 0 aromatic rings. The predicted molar refractivity (Wildman–Crippen MR) is 126 cm³/mol. The summed E-state index contributed by atoms with van der Waals surface area (Å²) in [5.41, 5.74) is -0.0525. The van der Waals surface area contributed by atoms with Gasteiger partial charge in [-0.3, -0.25) is 4.99 Å². The monoisotopic (exact) mass is 511 g/mol. The van der Waals surface area contributed by atoms with Crippen LogP contribution in [0.3, 0.4) is 0 Å². The summed E-state index contributed by atoms with van der Waals surface area (Å²) < 4.78 is 17.4. The molecule has 0 bridgehead atoms. The second-order valence-electron chi connectivity index (χ2n) is 7.87. The van der Waals surface area contributed by atoms with Gasteiger partial charge in [0.15, 0.2) is 5.96 Å². The molecule has 166 valence electrons. The SMILES string of the molecule is CCCOC1(CN=C(NCC)NCCCOCC2CCOC2)CCCCC1.I. The van der Waals surface area contributed by atoms with Crippen molar-refractivity contribution < 1.29 is 14.2 Å². The lowest BCUT2D eigenvalue weighted by molar-refractivity contribution is -0.0624. The second-order valence-corrected chi connectivity index (χ2v) is 7.87. The summed E-state index contributed by atoms with van der Waals surface area (Å²) in [6.07, 6.45) is 9.29. The molecule has 1 saturated heterocycles. The minimum atomic E-state index is -0.0525. The third-order valence-electron chi connectivity index (χ3n) is 5.38. The van der Waals surface area contributed by atoms with E-state index in [4.69, 9.17) is 19.2 Å². The number of aliphatic imine (C=N–C) groups is 1. The van der Waals surface area contributed by atoms with Gasteiger partial charge in [-0.05, 0) is 39.0 Å². The van der Waals surface area contributed by atoms with Crippen LogP contribution in [-0.2, 0) is 14.2 Å². The molecule has 1 atom stereocenters. The topological polar surface area (TPSA) is 64.1 Å². The Morgan fingerprint density at radius 3 is 2.64 bits per heavy atom. The van der Waals surface area contributed by atoms with Crippen molar-refractivity contribution in [1.29, 1.82) is 0 Å². The number of rotatable bonds is 12. The zero-order valence-corrected chi connectivity index (χ0v) is 20.3. The van der Waals surface area contributed by atoms with E-state index >= 15 is 0 Å². The molecule has 2 rings (SSSR count).